The molecule has 3 aliphatic heterocycles. The molecule has 3 fully saturated rings. The number of aromatic nitrogens is 1. The summed E-state index contributed by atoms with van der Waals surface area (Å²) >= 11 is 0. The third-order valence-corrected chi connectivity index (χ3v) is 6.31. The van der Waals surface area contributed by atoms with Crippen LogP contribution >= 0.6 is 0 Å². The Morgan fingerprint density at radius 1 is 1.07 bits per heavy atom. The maximum absolute atomic E-state index is 12.7. The monoisotopic (exact) mass is 371 g/mol. The van der Waals surface area contributed by atoms with Crippen LogP contribution in [0, 0.1) is 6.92 Å². The van der Waals surface area contributed by atoms with E-state index in [2.05, 4.69) is 9.88 Å². The van der Waals surface area contributed by atoms with Crippen molar-refractivity contribution in [3.8, 4) is 0 Å². The number of hydrogen-bond donors (Lipinski definition) is 0. The average molecular weight is 371 g/mol. The summed E-state index contributed by atoms with van der Waals surface area (Å²) in [5.74, 6) is 0.297. The molecule has 0 saturated carbocycles. The van der Waals surface area contributed by atoms with Crippen molar-refractivity contribution in [1.29, 1.82) is 0 Å². The van der Waals surface area contributed by atoms with Crippen molar-refractivity contribution < 1.29 is 14.3 Å². The molecule has 1 unspecified atom stereocenters. The highest BCUT2D eigenvalue weighted by molar-refractivity contribution is 5.94. The van der Waals surface area contributed by atoms with Crippen molar-refractivity contribution in [2.75, 3.05) is 13.1 Å². The first-order valence-electron chi connectivity index (χ1n) is 10.2. The van der Waals surface area contributed by atoms with E-state index in [1.165, 1.54) is 0 Å². The molecule has 0 N–H and O–H groups in total. The van der Waals surface area contributed by atoms with E-state index in [1.54, 1.807) is 19.2 Å². The minimum Gasteiger partial charge on any atom is -0.375 e. The molecule has 0 radical (unpaired) electrons. The van der Waals surface area contributed by atoms with Crippen LogP contribution < -0.4 is 0 Å². The molecule has 0 aliphatic carbocycles. The molecular formula is C21H29N3O3. The van der Waals surface area contributed by atoms with Gasteiger partial charge in [0.1, 0.15) is 0 Å². The molecule has 2 amide bonds. The number of rotatable bonds is 3. The molecule has 146 valence electrons. The second-order valence-electron chi connectivity index (χ2n) is 8.22. The van der Waals surface area contributed by atoms with Crippen molar-refractivity contribution in [2.24, 2.45) is 0 Å². The second kappa shape index (κ2) is 7.58. The van der Waals surface area contributed by atoms with E-state index in [0.29, 0.717) is 12.1 Å². The Labute approximate surface area is 160 Å². The van der Waals surface area contributed by atoms with Crippen molar-refractivity contribution in [1.82, 2.24) is 14.8 Å². The van der Waals surface area contributed by atoms with Gasteiger partial charge in [-0.25, -0.2) is 0 Å². The Morgan fingerprint density at radius 3 is 2.33 bits per heavy atom. The van der Waals surface area contributed by atoms with Gasteiger partial charge in [-0.3, -0.25) is 14.6 Å². The van der Waals surface area contributed by atoms with Crippen LogP contribution in [-0.2, 0) is 9.53 Å². The highest BCUT2D eigenvalue weighted by atomic mass is 16.5. The number of carbonyl (C=O) groups excluding carboxylic acids is 2. The van der Waals surface area contributed by atoms with Crippen LogP contribution in [0.1, 0.15) is 61.5 Å². The van der Waals surface area contributed by atoms with Crippen LogP contribution in [0.5, 0.6) is 0 Å². The number of pyridine rings is 1. The van der Waals surface area contributed by atoms with Crippen LogP contribution in [0.4, 0.5) is 0 Å². The predicted molar refractivity (Wildman–Crippen MR) is 101 cm³/mol. The Balaban J connectivity index is 1.28. The summed E-state index contributed by atoms with van der Waals surface area (Å²) in [4.78, 5) is 32.7. The van der Waals surface area contributed by atoms with Gasteiger partial charge in [-0.1, -0.05) is 0 Å². The molecule has 3 aliphatic rings. The first-order valence-corrected chi connectivity index (χ1v) is 10.2. The van der Waals surface area contributed by atoms with E-state index in [4.69, 9.17) is 4.74 Å². The van der Waals surface area contributed by atoms with Gasteiger partial charge in [0.15, 0.2) is 0 Å². The third kappa shape index (κ3) is 3.86. The zero-order valence-electron chi connectivity index (χ0n) is 16.3. The number of fused-ring (bicyclic) bond motifs is 2. The summed E-state index contributed by atoms with van der Waals surface area (Å²) in [6.07, 6.45) is 8.10. The fourth-order valence-electron chi connectivity index (χ4n) is 5.08. The summed E-state index contributed by atoms with van der Waals surface area (Å²) in [6.45, 7) is 5.07. The number of aryl methyl sites for hydroxylation is 1. The van der Waals surface area contributed by atoms with Crippen molar-refractivity contribution >= 4 is 11.8 Å². The molecule has 3 saturated heterocycles. The van der Waals surface area contributed by atoms with Gasteiger partial charge in [-0.05, 0) is 57.6 Å². The zero-order valence-corrected chi connectivity index (χ0v) is 16.3. The normalized spacial score (nSPS) is 28.4. The summed E-state index contributed by atoms with van der Waals surface area (Å²) in [6, 6.07) is 4.37. The summed E-state index contributed by atoms with van der Waals surface area (Å²) < 4.78 is 6.41. The smallest absolute Gasteiger partial charge is 0.253 e. The summed E-state index contributed by atoms with van der Waals surface area (Å²) in [5.41, 5.74) is 1.58. The number of likely N-dealkylation sites (tertiary alicyclic amines) is 1. The summed E-state index contributed by atoms with van der Waals surface area (Å²) in [5, 5.41) is 0. The SMILES string of the molecule is CC(=O)N1[C@@H]2CC[C@H]1CC(OC1CCN(C(=O)c3ccnc(C)c3)CC1)C2. The molecule has 0 spiro atoms. The Bertz CT molecular complexity index is 700. The number of piperidine rings is 2. The minimum atomic E-state index is 0.0896. The molecule has 4 heterocycles. The lowest BCUT2D eigenvalue weighted by Gasteiger charge is -2.41. The van der Waals surface area contributed by atoms with E-state index in [-0.39, 0.29) is 24.0 Å². The van der Waals surface area contributed by atoms with E-state index < -0.39 is 0 Å². The van der Waals surface area contributed by atoms with E-state index in [1.807, 2.05) is 17.9 Å². The largest absolute Gasteiger partial charge is 0.375 e. The van der Waals surface area contributed by atoms with Gasteiger partial charge >= 0.3 is 0 Å². The quantitative estimate of drug-likeness (QED) is 0.819. The molecule has 1 aromatic rings. The standard InChI is InChI=1S/C21H29N3O3/c1-14-11-16(5-8-22-14)21(26)23-9-6-19(7-10-23)27-20-12-17-3-4-18(13-20)24(17)15(2)25/h5,8,11,17-20H,3-4,6-7,9-10,12-13H2,1-2H3/t17-,18+,20?. The number of amides is 2. The lowest BCUT2D eigenvalue weighted by molar-refractivity contribution is -0.138. The minimum absolute atomic E-state index is 0.0896. The van der Waals surface area contributed by atoms with Crippen LogP contribution in [0.2, 0.25) is 0 Å². The Morgan fingerprint density at radius 2 is 1.74 bits per heavy atom. The molecule has 3 atom stereocenters. The second-order valence-corrected chi connectivity index (χ2v) is 8.22. The highest BCUT2D eigenvalue weighted by Crippen LogP contribution is 2.37. The molecule has 6 heteroatoms. The lowest BCUT2D eigenvalue weighted by atomic mass is 9.98. The molecule has 2 bridgehead atoms. The molecule has 0 aromatic carbocycles. The molecule has 6 nitrogen and oxygen atoms in total. The maximum Gasteiger partial charge on any atom is 0.253 e. The van der Waals surface area contributed by atoms with Gasteiger partial charge in [-0.15, -0.1) is 0 Å². The lowest BCUT2D eigenvalue weighted by Crippen LogP contribution is -2.49. The Kier molecular flexibility index (Phi) is 5.17. The molecular weight excluding hydrogens is 342 g/mol. The van der Waals surface area contributed by atoms with Crippen LogP contribution in [0.25, 0.3) is 0 Å². The van der Waals surface area contributed by atoms with E-state index >= 15 is 0 Å². The van der Waals surface area contributed by atoms with Crippen molar-refractivity contribution in [3.63, 3.8) is 0 Å². The van der Waals surface area contributed by atoms with Gasteiger partial charge < -0.3 is 14.5 Å². The molecule has 1 aromatic heterocycles. The highest BCUT2D eigenvalue weighted by Gasteiger charge is 2.43. The summed E-state index contributed by atoms with van der Waals surface area (Å²) in [7, 11) is 0. The Hall–Kier alpha value is -1.95. The van der Waals surface area contributed by atoms with Crippen LogP contribution in [0.15, 0.2) is 18.3 Å². The van der Waals surface area contributed by atoms with E-state index in [9.17, 15) is 9.59 Å². The van der Waals surface area contributed by atoms with Crippen LogP contribution in [0.3, 0.4) is 0 Å². The van der Waals surface area contributed by atoms with Gasteiger partial charge in [0.2, 0.25) is 5.91 Å². The van der Waals surface area contributed by atoms with Gasteiger partial charge in [-0.2, -0.15) is 0 Å². The van der Waals surface area contributed by atoms with Gasteiger partial charge in [0, 0.05) is 49.6 Å². The number of nitrogens with zero attached hydrogens (tertiary/aromatic N) is 3. The van der Waals surface area contributed by atoms with Crippen molar-refractivity contribution in [3.05, 3.63) is 29.6 Å². The first-order chi connectivity index (χ1) is 13.0. The average Bonchev–Trinajstić information content (AvgIpc) is 2.93. The van der Waals surface area contributed by atoms with E-state index in [0.717, 1.165) is 62.9 Å². The first kappa shape index (κ1) is 18.4. The number of hydrogen-bond acceptors (Lipinski definition) is 4. The number of ether oxygens (including phenoxy) is 1. The third-order valence-electron chi connectivity index (χ3n) is 6.31. The number of carbonyl (C=O) groups is 2. The van der Waals surface area contributed by atoms with Gasteiger partial charge in [0.05, 0.1) is 12.2 Å². The molecule has 4 rings (SSSR count). The molecule has 27 heavy (non-hydrogen) atoms. The van der Waals surface area contributed by atoms with Crippen molar-refractivity contribution in [2.45, 2.75) is 76.7 Å². The topological polar surface area (TPSA) is 62.7 Å². The fourth-order valence-corrected chi connectivity index (χ4v) is 5.08. The fraction of sp³-hybridized carbons (Fsp3) is 0.667. The van der Waals surface area contributed by atoms with Crippen LogP contribution in [-0.4, -0.2) is 64.0 Å². The predicted octanol–water partition coefficient (Wildman–Crippen LogP) is 2.55. The van der Waals surface area contributed by atoms with Gasteiger partial charge in [0.25, 0.3) is 5.91 Å². The zero-order chi connectivity index (χ0) is 19.0. The maximum atomic E-state index is 12.7.